The van der Waals surface area contributed by atoms with E-state index in [-0.39, 0.29) is 18.4 Å². The van der Waals surface area contributed by atoms with Gasteiger partial charge in [0, 0.05) is 28.3 Å². The van der Waals surface area contributed by atoms with E-state index in [1.165, 1.54) is 40.5 Å². The van der Waals surface area contributed by atoms with Gasteiger partial charge < -0.3 is 19.8 Å². The number of carbonyl (C=O) groups is 3. The fourth-order valence-electron chi connectivity index (χ4n) is 4.21. The molecule has 12 heteroatoms. The van der Waals surface area contributed by atoms with Crippen molar-refractivity contribution in [2.75, 3.05) is 11.1 Å². The zero-order valence-electron chi connectivity index (χ0n) is 21.2. The van der Waals surface area contributed by atoms with E-state index >= 15 is 0 Å². The Balaban J connectivity index is 1.13. The van der Waals surface area contributed by atoms with Crippen molar-refractivity contribution in [2.24, 2.45) is 0 Å². The number of aromatic nitrogens is 2. The highest BCUT2D eigenvalue weighted by atomic mass is 32.2. The Morgan fingerprint density at radius 1 is 1.07 bits per heavy atom. The molecule has 2 fully saturated rings. The Kier molecular flexibility index (Phi) is 7.51. The maximum absolute atomic E-state index is 13.4. The lowest BCUT2D eigenvalue weighted by Gasteiger charge is -2.26. The fraction of sp³-hybridized carbons (Fsp3) is 0.250. The van der Waals surface area contributed by atoms with Crippen LogP contribution in [0.15, 0.2) is 76.9 Å². The SMILES string of the molecule is O=C(NC1CC1)c1ccc(-c2csc(NC(=O)C3CS[C@H](c4ncco4)N3C(=O)OCc3ccccc3)n2)cc1. The lowest BCUT2D eigenvalue weighted by molar-refractivity contribution is -0.120. The summed E-state index contributed by atoms with van der Waals surface area (Å²) < 4.78 is 11.0. The predicted molar refractivity (Wildman–Crippen MR) is 151 cm³/mol. The molecule has 2 atom stereocenters. The van der Waals surface area contributed by atoms with Crippen LogP contribution in [0.4, 0.5) is 9.93 Å². The van der Waals surface area contributed by atoms with Crippen LogP contribution in [0, 0.1) is 0 Å². The number of benzene rings is 2. The molecule has 2 aliphatic rings. The molecule has 4 aromatic rings. The predicted octanol–water partition coefficient (Wildman–Crippen LogP) is 5.08. The van der Waals surface area contributed by atoms with Crippen molar-refractivity contribution in [1.82, 2.24) is 20.2 Å². The van der Waals surface area contributed by atoms with Crippen molar-refractivity contribution in [1.29, 1.82) is 0 Å². The van der Waals surface area contributed by atoms with E-state index in [0.717, 1.165) is 24.0 Å². The van der Waals surface area contributed by atoms with E-state index in [0.29, 0.717) is 34.1 Å². The quantitative estimate of drug-likeness (QED) is 0.298. The topological polar surface area (TPSA) is 127 Å². The van der Waals surface area contributed by atoms with Gasteiger partial charge in [-0.25, -0.2) is 14.8 Å². The largest absolute Gasteiger partial charge is 0.446 e. The minimum Gasteiger partial charge on any atom is -0.446 e. The number of hydrogen-bond acceptors (Lipinski definition) is 9. The third kappa shape index (κ3) is 5.87. The zero-order valence-corrected chi connectivity index (χ0v) is 22.8. The van der Waals surface area contributed by atoms with E-state index in [9.17, 15) is 14.4 Å². The molecule has 1 unspecified atom stereocenters. The summed E-state index contributed by atoms with van der Waals surface area (Å²) in [6.45, 7) is 0.0738. The van der Waals surface area contributed by atoms with Crippen molar-refractivity contribution in [3.05, 3.63) is 89.5 Å². The molecule has 3 heterocycles. The van der Waals surface area contributed by atoms with Crippen LogP contribution in [0.1, 0.15) is 40.0 Å². The lowest BCUT2D eigenvalue weighted by atomic mass is 10.1. The van der Waals surface area contributed by atoms with Crippen molar-refractivity contribution in [3.63, 3.8) is 0 Å². The van der Waals surface area contributed by atoms with Crippen molar-refractivity contribution in [3.8, 4) is 11.3 Å². The van der Waals surface area contributed by atoms with E-state index in [1.54, 1.807) is 12.1 Å². The molecule has 2 N–H and O–H groups in total. The van der Waals surface area contributed by atoms with Crippen molar-refractivity contribution >= 4 is 46.1 Å². The number of thioether (sulfide) groups is 1. The summed E-state index contributed by atoms with van der Waals surface area (Å²) in [6.07, 6.45) is 4.36. The van der Waals surface area contributed by atoms with Crippen LogP contribution in [0.2, 0.25) is 0 Å². The molecule has 3 amide bonds. The molecule has 0 spiro atoms. The van der Waals surface area contributed by atoms with Gasteiger partial charge >= 0.3 is 6.09 Å². The monoisotopic (exact) mass is 575 g/mol. The Morgan fingerprint density at radius 3 is 2.60 bits per heavy atom. The average Bonchev–Trinajstić information content (AvgIpc) is 3.36. The average molecular weight is 576 g/mol. The normalized spacial score (nSPS) is 18.4. The van der Waals surface area contributed by atoms with Crippen LogP contribution in [0.3, 0.4) is 0 Å². The number of carbonyl (C=O) groups excluding carboxylic acids is 3. The Bertz CT molecular complexity index is 1490. The smallest absolute Gasteiger partial charge is 0.412 e. The summed E-state index contributed by atoms with van der Waals surface area (Å²) in [5.41, 5.74) is 2.93. The van der Waals surface area contributed by atoms with E-state index < -0.39 is 17.5 Å². The number of nitrogens with zero attached hydrogens (tertiary/aromatic N) is 3. The van der Waals surface area contributed by atoms with Gasteiger partial charge in [0.15, 0.2) is 10.5 Å². The number of rotatable bonds is 8. The number of oxazole rings is 1. The standard InChI is InChI=1S/C28H25N5O5S2/c34-23(30-20-10-11-20)19-8-6-18(7-9-19)21-15-40-27(31-21)32-24(35)22-16-39-26(25-29-12-13-37-25)33(22)28(36)38-14-17-4-2-1-3-5-17/h1-9,12-13,15,20,22,26H,10-11,14,16H2,(H,30,34)(H,31,32,35)/t22?,26-/m1/s1. The highest BCUT2D eigenvalue weighted by Crippen LogP contribution is 2.41. The molecule has 1 saturated heterocycles. The second-order valence-electron chi connectivity index (χ2n) is 9.37. The molecule has 1 saturated carbocycles. The number of hydrogen-bond donors (Lipinski definition) is 2. The maximum Gasteiger partial charge on any atom is 0.412 e. The van der Waals surface area contributed by atoms with Gasteiger partial charge in [0.05, 0.1) is 11.9 Å². The van der Waals surface area contributed by atoms with Crippen molar-refractivity contribution in [2.45, 2.75) is 36.9 Å². The third-order valence-electron chi connectivity index (χ3n) is 6.47. The number of thiazole rings is 1. The molecular formula is C28H25N5O5S2. The highest BCUT2D eigenvalue weighted by molar-refractivity contribution is 7.99. The summed E-state index contributed by atoms with van der Waals surface area (Å²) in [7, 11) is 0. The van der Waals surface area contributed by atoms with Crippen LogP contribution in [0.25, 0.3) is 11.3 Å². The van der Waals surface area contributed by atoms with Gasteiger partial charge in [-0.2, -0.15) is 0 Å². The van der Waals surface area contributed by atoms with Gasteiger partial charge in [-0.15, -0.1) is 23.1 Å². The summed E-state index contributed by atoms with van der Waals surface area (Å²) >= 11 is 2.66. The number of amides is 3. The van der Waals surface area contributed by atoms with E-state index in [2.05, 4.69) is 20.6 Å². The fourth-order valence-corrected chi connectivity index (χ4v) is 6.26. The van der Waals surface area contributed by atoms with Gasteiger partial charge in [0.1, 0.15) is 18.9 Å². The summed E-state index contributed by atoms with van der Waals surface area (Å²) in [4.78, 5) is 49.0. The van der Waals surface area contributed by atoms with Gasteiger partial charge in [0.25, 0.3) is 5.91 Å². The summed E-state index contributed by atoms with van der Waals surface area (Å²) in [6, 6.07) is 16.0. The molecule has 2 aromatic carbocycles. The Morgan fingerprint density at radius 2 is 1.88 bits per heavy atom. The van der Waals surface area contributed by atoms with Gasteiger partial charge in [-0.1, -0.05) is 42.5 Å². The second kappa shape index (κ2) is 11.5. The second-order valence-corrected chi connectivity index (χ2v) is 11.3. The molecular weight excluding hydrogens is 550 g/mol. The van der Waals surface area contributed by atoms with Gasteiger partial charge in [0.2, 0.25) is 11.8 Å². The summed E-state index contributed by atoms with van der Waals surface area (Å²) in [5.74, 6) is 0.195. The number of ether oxygens (including phenoxy) is 1. The third-order valence-corrected chi connectivity index (χ3v) is 8.48. The van der Waals surface area contributed by atoms with Crippen molar-refractivity contribution < 1.29 is 23.5 Å². The van der Waals surface area contributed by atoms with E-state index in [4.69, 9.17) is 9.15 Å². The van der Waals surface area contributed by atoms with Gasteiger partial charge in [-0.3, -0.25) is 14.5 Å². The molecule has 10 nitrogen and oxygen atoms in total. The first-order chi connectivity index (χ1) is 19.5. The minimum atomic E-state index is -0.818. The van der Waals surface area contributed by atoms with Crippen LogP contribution in [0.5, 0.6) is 0 Å². The van der Waals surface area contributed by atoms with E-state index in [1.807, 2.05) is 47.8 Å². The first-order valence-corrected chi connectivity index (χ1v) is 14.7. The number of nitrogens with one attached hydrogen (secondary N) is 2. The minimum absolute atomic E-state index is 0.0738. The Labute approximate surface area is 238 Å². The highest BCUT2D eigenvalue weighted by Gasteiger charge is 2.45. The molecule has 6 rings (SSSR count). The molecule has 1 aliphatic heterocycles. The van der Waals surface area contributed by atoms with Crippen LogP contribution in [-0.2, 0) is 16.1 Å². The molecule has 2 aromatic heterocycles. The molecule has 40 heavy (non-hydrogen) atoms. The Hall–Kier alpha value is -4.16. The van der Waals surface area contributed by atoms with Crippen LogP contribution < -0.4 is 10.6 Å². The molecule has 204 valence electrons. The lowest BCUT2D eigenvalue weighted by Crippen LogP contribution is -2.45. The zero-order chi connectivity index (χ0) is 27.5. The first kappa shape index (κ1) is 26.1. The van der Waals surface area contributed by atoms with Crippen LogP contribution >= 0.6 is 23.1 Å². The maximum atomic E-state index is 13.4. The van der Waals surface area contributed by atoms with Gasteiger partial charge in [-0.05, 0) is 30.5 Å². The molecule has 0 radical (unpaired) electrons. The van der Waals surface area contributed by atoms with Crippen LogP contribution in [-0.4, -0.2) is 50.6 Å². The molecule has 1 aliphatic carbocycles. The first-order valence-electron chi connectivity index (χ1n) is 12.7. The summed E-state index contributed by atoms with van der Waals surface area (Å²) in [5, 5.41) is 7.45. The molecule has 0 bridgehead atoms. The number of anilines is 1.